The van der Waals surface area contributed by atoms with Crippen LogP contribution in [0.4, 0.5) is 0 Å². The summed E-state index contributed by atoms with van der Waals surface area (Å²) in [5.74, 6) is 10.8. The third-order valence-electron chi connectivity index (χ3n) is 5.84. The van der Waals surface area contributed by atoms with Crippen molar-refractivity contribution in [3.05, 3.63) is 33.4 Å². The van der Waals surface area contributed by atoms with Gasteiger partial charge in [-0.05, 0) is 95.6 Å². The van der Waals surface area contributed by atoms with E-state index in [-0.39, 0.29) is 0 Å². The van der Waals surface area contributed by atoms with Crippen LogP contribution in [0.15, 0.2) is 24.3 Å². The summed E-state index contributed by atoms with van der Waals surface area (Å²) >= 11 is 2.36. The molecule has 0 amide bonds. The summed E-state index contributed by atoms with van der Waals surface area (Å²) in [7, 11) is 0. The van der Waals surface area contributed by atoms with Crippen LogP contribution >= 0.6 is 22.6 Å². The maximum absolute atomic E-state index is 5.85. The lowest BCUT2D eigenvalue weighted by Gasteiger charge is -2.19. The average molecular weight is 368 g/mol. The first-order chi connectivity index (χ1) is 9.28. The van der Waals surface area contributed by atoms with Crippen LogP contribution in [0.25, 0.3) is 0 Å². The second-order valence-corrected chi connectivity index (χ2v) is 7.91. The third-order valence-corrected chi connectivity index (χ3v) is 6.56. The van der Waals surface area contributed by atoms with Gasteiger partial charge in [0.15, 0.2) is 0 Å². The molecule has 0 radical (unpaired) electrons. The number of halogens is 1. The molecule has 1 aromatic carbocycles. The van der Waals surface area contributed by atoms with Crippen molar-refractivity contribution < 1.29 is 0 Å². The van der Waals surface area contributed by atoms with E-state index in [4.69, 9.17) is 5.84 Å². The highest BCUT2D eigenvalue weighted by Gasteiger charge is 2.66. The first-order valence-corrected chi connectivity index (χ1v) is 8.56. The molecule has 19 heavy (non-hydrogen) atoms. The van der Waals surface area contributed by atoms with Crippen molar-refractivity contribution in [3.63, 3.8) is 0 Å². The van der Waals surface area contributed by atoms with Gasteiger partial charge in [-0.2, -0.15) is 0 Å². The number of nitrogens with two attached hydrogens (primary N) is 1. The molecule has 3 heteroatoms. The van der Waals surface area contributed by atoms with E-state index in [2.05, 4.69) is 52.3 Å². The lowest BCUT2D eigenvalue weighted by molar-refractivity contribution is 0.365. The Balaban J connectivity index is 1.46. The smallest absolute Gasteiger partial charge is 0.0284 e. The molecule has 4 rings (SSSR count). The zero-order valence-corrected chi connectivity index (χ0v) is 13.2. The number of fused-ring (bicyclic) bond motifs is 5. The molecule has 0 aromatic heterocycles. The van der Waals surface area contributed by atoms with Crippen LogP contribution in [0.5, 0.6) is 0 Å². The summed E-state index contributed by atoms with van der Waals surface area (Å²) in [5, 5.41) is 0. The summed E-state index contributed by atoms with van der Waals surface area (Å²) in [6.45, 7) is 0. The Bertz CT molecular complexity index is 456. The standard InChI is InChI=1S/C16H21IN2/c17-12-5-1-9(2-6-12)7-13(19-18)16-14-10-3-4-11(8-10)15(14)16/h1-2,5-6,10-11,13-16,19H,3-4,7-8,18H2. The van der Waals surface area contributed by atoms with Gasteiger partial charge in [0.05, 0.1) is 0 Å². The van der Waals surface area contributed by atoms with Crippen molar-refractivity contribution >= 4 is 22.6 Å². The largest absolute Gasteiger partial charge is 0.271 e. The maximum atomic E-state index is 5.85. The average Bonchev–Trinajstić information content (AvgIpc) is 2.86. The SMILES string of the molecule is NNC(Cc1ccc(I)cc1)C1C2C3CCC(C3)C21. The Hall–Kier alpha value is -0.130. The number of benzene rings is 1. The van der Waals surface area contributed by atoms with E-state index in [0.717, 1.165) is 36.0 Å². The van der Waals surface area contributed by atoms with Crippen molar-refractivity contribution in [1.29, 1.82) is 0 Å². The molecule has 3 aliphatic rings. The topological polar surface area (TPSA) is 38.0 Å². The molecule has 1 aromatic rings. The van der Waals surface area contributed by atoms with Crippen LogP contribution in [0.3, 0.4) is 0 Å². The third kappa shape index (κ3) is 2.05. The van der Waals surface area contributed by atoms with Gasteiger partial charge in [0, 0.05) is 9.61 Å². The molecular formula is C16H21IN2. The highest BCUT2D eigenvalue weighted by molar-refractivity contribution is 14.1. The monoisotopic (exact) mass is 368 g/mol. The van der Waals surface area contributed by atoms with Crippen LogP contribution in [0.2, 0.25) is 0 Å². The quantitative estimate of drug-likeness (QED) is 0.487. The summed E-state index contributed by atoms with van der Waals surface area (Å²) in [4.78, 5) is 0. The Morgan fingerprint density at radius 2 is 1.79 bits per heavy atom. The van der Waals surface area contributed by atoms with E-state index in [9.17, 15) is 0 Å². The van der Waals surface area contributed by atoms with E-state index in [1.807, 2.05) is 0 Å². The summed E-state index contributed by atoms with van der Waals surface area (Å²) in [6, 6.07) is 9.37. The molecule has 102 valence electrons. The molecule has 3 fully saturated rings. The molecular weight excluding hydrogens is 347 g/mol. The molecule has 0 heterocycles. The molecule has 2 bridgehead atoms. The molecule has 0 saturated heterocycles. The fourth-order valence-electron chi connectivity index (χ4n) is 5.11. The minimum Gasteiger partial charge on any atom is -0.271 e. The van der Waals surface area contributed by atoms with Gasteiger partial charge >= 0.3 is 0 Å². The molecule has 5 unspecified atom stereocenters. The number of hydrogen-bond donors (Lipinski definition) is 2. The maximum Gasteiger partial charge on any atom is 0.0284 e. The van der Waals surface area contributed by atoms with Gasteiger partial charge < -0.3 is 0 Å². The van der Waals surface area contributed by atoms with Gasteiger partial charge in [0.25, 0.3) is 0 Å². The van der Waals surface area contributed by atoms with Gasteiger partial charge in [-0.15, -0.1) is 0 Å². The second-order valence-electron chi connectivity index (χ2n) is 6.67. The van der Waals surface area contributed by atoms with Crippen LogP contribution in [-0.4, -0.2) is 6.04 Å². The zero-order chi connectivity index (χ0) is 13.0. The normalized spacial score (nSPS) is 40.2. The molecule has 0 spiro atoms. The number of nitrogens with one attached hydrogen (secondary N) is 1. The van der Waals surface area contributed by atoms with Crippen molar-refractivity contribution in [2.24, 2.45) is 35.4 Å². The fourth-order valence-corrected chi connectivity index (χ4v) is 5.47. The molecule has 3 N–H and O–H groups in total. The highest BCUT2D eigenvalue weighted by Crippen LogP contribution is 2.70. The lowest BCUT2D eigenvalue weighted by atomic mass is 9.94. The van der Waals surface area contributed by atoms with E-state index < -0.39 is 0 Å². The first-order valence-electron chi connectivity index (χ1n) is 7.48. The Kier molecular flexibility index (Phi) is 3.12. The van der Waals surface area contributed by atoms with Crippen molar-refractivity contribution in [3.8, 4) is 0 Å². The molecule has 0 aliphatic heterocycles. The minimum absolute atomic E-state index is 0.485. The lowest BCUT2D eigenvalue weighted by Crippen LogP contribution is -2.40. The highest BCUT2D eigenvalue weighted by atomic mass is 127. The Morgan fingerprint density at radius 1 is 1.16 bits per heavy atom. The summed E-state index contributed by atoms with van der Waals surface area (Å²) in [5.41, 5.74) is 4.54. The number of rotatable bonds is 4. The molecule has 3 saturated carbocycles. The van der Waals surface area contributed by atoms with Crippen LogP contribution in [-0.2, 0) is 6.42 Å². The van der Waals surface area contributed by atoms with Gasteiger partial charge in [-0.1, -0.05) is 12.1 Å². The summed E-state index contributed by atoms with van der Waals surface area (Å²) < 4.78 is 1.31. The molecule has 2 nitrogen and oxygen atoms in total. The van der Waals surface area contributed by atoms with Gasteiger partial charge in [0.2, 0.25) is 0 Å². The first kappa shape index (κ1) is 12.6. The fraction of sp³-hybridized carbons (Fsp3) is 0.625. The van der Waals surface area contributed by atoms with Crippen molar-refractivity contribution in [2.45, 2.75) is 31.7 Å². The van der Waals surface area contributed by atoms with Crippen LogP contribution < -0.4 is 11.3 Å². The van der Waals surface area contributed by atoms with E-state index in [1.165, 1.54) is 28.4 Å². The van der Waals surface area contributed by atoms with Gasteiger partial charge in [-0.25, -0.2) is 0 Å². The van der Waals surface area contributed by atoms with Crippen LogP contribution in [0, 0.1) is 33.2 Å². The second kappa shape index (κ2) is 4.71. The molecule has 3 aliphatic carbocycles. The van der Waals surface area contributed by atoms with Gasteiger partial charge in [0.1, 0.15) is 0 Å². The van der Waals surface area contributed by atoms with E-state index in [0.29, 0.717) is 6.04 Å². The van der Waals surface area contributed by atoms with E-state index in [1.54, 1.807) is 0 Å². The predicted molar refractivity (Wildman–Crippen MR) is 85.3 cm³/mol. The van der Waals surface area contributed by atoms with Crippen molar-refractivity contribution in [2.75, 3.05) is 0 Å². The van der Waals surface area contributed by atoms with Gasteiger partial charge in [-0.3, -0.25) is 11.3 Å². The number of hydrazine groups is 1. The summed E-state index contributed by atoms with van der Waals surface area (Å²) in [6.07, 6.45) is 5.59. The van der Waals surface area contributed by atoms with Crippen LogP contribution in [0.1, 0.15) is 24.8 Å². The van der Waals surface area contributed by atoms with Crippen molar-refractivity contribution in [1.82, 2.24) is 5.43 Å². The minimum atomic E-state index is 0.485. The Morgan fingerprint density at radius 3 is 2.37 bits per heavy atom. The Labute approximate surface area is 128 Å². The molecule has 5 atom stereocenters. The number of hydrogen-bond acceptors (Lipinski definition) is 2. The predicted octanol–water partition coefficient (Wildman–Crippen LogP) is 2.96. The zero-order valence-electron chi connectivity index (χ0n) is 11.1. The van der Waals surface area contributed by atoms with E-state index >= 15 is 0 Å².